The highest BCUT2D eigenvalue weighted by Gasteiger charge is 2.10. The lowest BCUT2D eigenvalue weighted by Crippen LogP contribution is -1.92. The molecule has 1 aromatic carbocycles. The molecule has 0 aliphatic carbocycles. The maximum Gasteiger partial charge on any atom is 0.136 e. The van der Waals surface area contributed by atoms with Crippen LogP contribution in [0.4, 0.5) is 5.69 Å². The molecule has 0 aliphatic heterocycles. The van der Waals surface area contributed by atoms with Crippen LogP contribution in [0.3, 0.4) is 0 Å². The van der Waals surface area contributed by atoms with Crippen LogP contribution >= 0.6 is 11.9 Å². The second-order valence-electron chi connectivity index (χ2n) is 5.40. The highest BCUT2D eigenvalue weighted by Crippen LogP contribution is 2.31. The van der Waals surface area contributed by atoms with E-state index in [1.54, 1.807) is 18.1 Å². The van der Waals surface area contributed by atoms with Crippen molar-refractivity contribution < 1.29 is 0 Å². The molecule has 3 aromatic heterocycles. The van der Waals surface area contributed by atoms with Crippen molar-refractivity contribution in [3.05, 3.63) is 73.3 Å². The fourth-order valence-corrected chi connectivity index (χ4v) is 3.16. The van der Waals surface area contributed by atoms with Gasteiger partial charge in [0, 0.05) is 53.4 Å². The van der Waals surface area contributed by atoms with Gasteiger partial charge in [0.15, 0.2) is 0 Å². The van der Waals surface area contributed by atoms with Gasteiger partial charge in [0.25, 0.3) is 0 Å². The van der Waals surface area contributed by atoms with Gasteiger partial charge in [-0.05, 0) is 30.3 Å². The lowest BCUT2D eigenvalue weighted by molar-refractivity contribution is 1.19. The summed E-state index contributed by atoms with van der Waals surface area (Å²) in [5, 5.41) is 0. The number of rotatable bonds is 4. The van der Waals surface area contributed by atoms with Gasteiger partial charge in [0.05, 0.1) is 5.69 Å². The fraction of sp³-hybridized carbons (Fsp3) is 0.0526. The molecule has 4 rings (SSSR count). The van der Waals surface area contributed by atoms with Crippen molar-refractivity contribution in [1.29, 1.82) is 0 Å². The number of nitrogens with zero attached hydrogens (tertiary/aromatic N) is 3. The maximum absolute atomic E-state index is 4.63. The van der Waals surface area contributed by atoms with E-state index >= 15 is 0 Å². The maximum atomic E-state index is 4.63. The van der Waals surface area contributed by atoms with Crippen LogP contribution < -0.4 is 4.72 Å². The zero-order chi connectivity index (χ0) is 16.4. The Morgan fingerprint density at radius 1 is 0.958 bits per heavy atom. The second-order valence-corrected chi connectivity index (χ2v) is 6.01. The Morgan fingerprint density at radius 3 is 2.83 bits per heavy atom. The Bertz CT molecular complexity index is 993. The van der Waals surface area contributed by atoms with Gasteiger partial charge in [-0.2, -0.15) is 0 Å². The normalized spacial score (nSPS) is 10.9. The largest absolute Gasteiger partial charge is 0.330 e. The van der Waals surface area contributed by atoms with Gasteiger partial charge >= 0.3 is 0 Å². The van der Waals surface area contributed by atoms with E-state index in [0.717, 1.165) is 33.7 Å². The van der Waals surface area contributed by atoms with E-state index < -0.39 is 0 Å². The lowest BCUT2D eigenvalue weighted by Gasteiger charge is -2.11. The monoisotopic (exact) mass is 332 g/mol. The van der Waals surface area contributed by atoms with Gasteiger partial charge < -0.3 is 9.12 Å². The van der Waals surface area contributed by atoms with Crippen LogP contribution in [-0.2, 0) is 0 Å². The standard InChI is InChI=1S/C19H16N4S/c1-24-22-16-5-2-4-14(12-16)19-17(6-3-9-21-19)15-7-8-18-20-10-11-23(18)13-15/h2-13,22H,1H3. The van der Waals surface area contributed by atoms with Gasteiger partial charge in [-0.15, -0.1) is 0 Å². The van der Waals surface area contributed by atoms with Crippen LogP contribution in [0.2, 0.25) is 0 Å². The molecule has 0 aliphatic rings. The Kier molecular flexibility index (Phi) is 3.92. The van der Waals surface area contributed by atoms with Crippen molar-refractivity contribution in [2.24, 2.45) is 0 Å². The van der Waals surface area contributed by atoms with Crippen molar-refractivity contribution in [3.8, 4) is 22.4 Å². The Labute approximate surface area is 144 Å². The van der Waals surface area contributed by atoms with Crippen LogP contribution in [0.1, 0.15) is 0 Å². The number of anilines is 1. The molecular formula is C19H16N4S. The summed E-state index contributed by atoms with van der Waals surface area (Å²) in [6.45, 7) is 0. The van der Waals surface area contributed by atoms with Crippen LogP contribution in [0.25, 0.3) is 28.0 Å². The highest BCUT2D eigenvalue weighted by molar-refractivity contribution is 7.99. The van der Waals surface area contributed by atoms with Crippen LogP contribution in [0.15, 0.2) is 73.3 Å². The van der Waals surface area contributed by atoms with Crippen molar-refractivity contribution in [2.45, 2.75) is 0 Å². The number of hydrogen-bond donors (Lipinski definition) is 1. The first-order valence-electron chi connectivity index (χ1n) is 7.63. The molecule has 0 saturated heterocycles. The van der Waals surface area contributed by atoms with Crippen LogP contribution in [0, 0.1) is 0 Å². The molecule has 0 bridgehead atoms. The zero-order valence-electron chi connectivity index (χ0n) is 13.2. The quantitative estimate of drug-likeness (QED) is 0.548. The van der Waals surface area contributed by atoms with E-state index in [4.69, 9.17) is 0 Å². The summed E-state index contributed by atoms with van der Waals surface area (Å²) >= 11 is 1.58. The van der Waals surface area contributed by atoms with Crippen LogP contribution in [0.5, 0.6) is 0 Å². The number of imidazole rings is 1. The first kappa shape index (κ1) is 14.8. The molecule has 0 radical (unpaired) electrons. The first-order chi connectivity index (χ1) is 11.8. The van der Waals surface area contributed by atoms with E-state index in [2.05, 4.69) is 51.2 Å². The molecule has 0 spiro atoms. The average molecular weight is 332 g/mol. The average Bonchev–Trinajstić information content (AvgIpc) is 3.10. The predicted molar refractivity (Wildman–Crippen MR) is 101 cm³/mol. The number of hydrogen-bond acceptors (Lipinski definition) is 4. The number of benzene rings is 1. The summed E-state index contributed by atoms with van der Waals surface area (Å²) < 4.78 is 5.30. The van der Waals surface area contributed by atoms with Crippen molar-refractivity contribution >= 4 is 23.3 Å². The molecule has 0 unspecified atom stereocenters. The molecule has 5 heteroatoms. The van der Waals surface area contributed by atoms with Crippen molar-refractivity contribution in [1.82, 2.24) is 14.4 Å². The molecule has 4 nitrogen and oxygen atoms in total. The smallest absolute Gasteiger partial charge is 0.136 e. The van der Waals surface area contributed by atoms with Gasteiger partial charge in [0.2, 0.25) is 0 Å². The summed E-state index contributed by atoms with van der Waals surface area (Å²) in [5.74, 6) is 0. The number of aromatic nitrogens is 3. The van der Waals surface area contributed by atoms with E-state index in [9.17, 15) is 0 Å². The second kappa shape index (κ2) is 6.37. The Morgan fingerprint density at radius 2 is 1.92 bits per heavy atom. The molecular weight excluding hydrogens is 316 g/mol. The van der Waals surface area contributed by atoms with E-state index in [0.29, 0.717) is 0 Å². The third-order valence-corrected chi connectivity index (χ3v) is 4.30. The van der Waals surface area contributed by atoms with Gasteiger partial charge in [0.1, 0.15) is 5.65 Å². The summed E-state index contributed by atoms with van der Waals surface area (Å²) in [4.78, 5) is 8.94. The third kappa shape index (κ3) is 2.74. The van der Waals surface area contributed by atoms with Gasteiger partial charge in [-0.1, -0.05) is 30.1 Å². The zero-order valence-corrected chi connectivity index (χ0v) is 14.0. The minimum atomic E-state index is 0.940. The van der Waals surface area contributed by atoms with Gasteiger partial charge in [-0.25, -0.2) is 4.98 Å². The Balaban J connectivity index is 1.84. The summed E-state index contributed by atoms with van der Waals surface area (Å²) in [5.41, 5.74) is 6.30. The van der Waals surface area contributed by atoms with Crippen LogP contribution in [-0.4, -0.2) is 20.6 Å². The molecule has 0 saturated carbocycles. The minimum absolute atomic E-state index is 0.940. The highest BCUT2D eigenvalue weighted by atomic mass is 32.2. The number of fused-ring (bicyclic) bond motifs is 1. The van der Waals surface area contributed by atoms with Crippen molar-refractivity contribution in [3.63, 3.8) is 0 Å². The van der Waals surface area contributed by atoms with Crippen molar-refractivity contribution in [2.75, 3.05) is 11.0 Å². The van der Waals surface area contributed by atoms with Gasteiger partial charge in [-0.3, -0.25) is 4.98 Å². The summed E-state index contributed by atoms with van der Waals surface area (Å²) in [7, 11) is 0. The van der Waals surface area contributed by atoms with E-state index in [-0.39, 0.29) is 0 Å². The van der Waals surface area contributed by atoms with E-state index in [1.807, 2.05) is 41.2 Å². The first-order valence-corrected chi connectivity index (χ1v) is 8.85. The molecule has 0 amide bonds. The Hall–Kier alpha value is -2.79. The molecule has 118 valence electrons. The molecule has 0 atom stereocenters. The number of pyridine rings is 2. The molecule has 4 aromatic rings. The molecule has 0 fully saturated rings. The van der Waals surface area contributed by atoms with E-state index in [1.165, 1.54) is 0 Å². The molecule has 1 N–H and O–H groups in total. The summed E-state index contributed by atoms with van der Waals surface area (Å²) in [6.07, 6.45) is 9.70. The topological polar surface area (TPSA) is 42.2 Å². The number of nitrogens with one attached hydrogen (secondary N) is 1. The lowest BCUT2D eigenvalue weighted by atomic mass is 10.0. The third-order valence-electron chi connectivity index (χ3n) is 3.86. The molecule has 24 heavy (non-hydrogen) atoms. The summed E-state index contributed by atoms with van der Waals surface area (Å²) in [6, 6.07) is 16.5. The fourth-order valence-electron chi connectivity index (χ4n) is 2.80. The predicted octanol–water partition coefficient (Wildman–Crippen LogP) is 4.75. The minimum Gasteiger partial charge on any atom is -0.330 e. The molecule has 3 heterocycles. The SMILES string of the molecule is CSNc1cccc(-c2ncccc2-c2ccc3nccn3c2)c1.